The summed E-state index contributed by atoms with van der Waals surface area (Å²) in [4.78, 5) is 30.3. The molecular formula is C18H24N6O2. The van der Waals surface area contributed by atoms with Crippen LogP contribution in [0.1, 0.15) is 36.5 Å². The van der Waals surface area contributed by atoms with Crippen LogP contribution in [0.2, 0.25) is 0 Å². The zero-order valence-corrected chi connectivity index (χ0v) is 15.4. The van der Waals surface area contributed by atoms with Crippen molar-refractivity contribution in [2.24, 2.45) is 7.05 Å². The minimum Gasteiger partial charge on any atom is -0.342 e. The van der Waals surface area contributed by atoms with Gasteiger partial charge in [0.15, 0.2) is 0 Å². The third kappa shape index (κ3) is 3.58. The monoisotopic (exact) mass is 356 g/mol. The van der Waals surface area contributed by atoms with Crippen molar-refractivity contribution < 1.29 is 9.59 Å². The molecule has 0 bridgehead atoms. The molecule has 1 fully saturated rings. The number of hydrogen-bond donors (Lipinski definition) is 0. The van der Waals surface area contributed by atoms with Gasteiger partial charge >= 0.3 is 0 Å². The van der Waals surface area contributed by atoms with E-state index in [0.29, 0.717) is 30.9 Å². The van der Waals surface area contributed by atoms with Gasteiger partial charge in [-0.3, -0.25) is 9.59 Å². The van der Waals surface area contributed by atoms with Gasteiger partial charge in [0.25, 0.3) is 5.91 Å². The second-order valence-corrected chi connectivity index (χ2v) is 6.60. The first kappa shape index (κ1) is 18.0. The van der Waals surface area contributed by atoms with E-state index >= 15 is 0 Å². The number of nitrogens with zero attached hydrogens (tertiary/aromatic N) is 6. The molecule has 1 atom stereocenters. The average molecular weight is 356 g/mol. The minimum absolute atomic E-state index is 0.0263. The molecule has 3 rings (SSSR count). The molecule has 0 saturated carbocycles. The van der Waals surface area contributed by atoms with E-state index in [2.05, 4.69) is 22.3 Å². The van der Waals surface area contributed by atoms with E-state index in [9.17, 15) is 9.59 Å². The number of carbonyl (C=O) groups excluding carboxylic acids is 2. The van der Waals surface area contributed by atoms with E-state index in [1.165, 1.54) is 4.80 Å². The summed E-state index contributed by atoms with van der Waals surface area (Å²) in [7, 11) is 3.50. The van der Waals surface area contributed by atoms with Gasteiger partial charge in [-0.1, -0.05) is 31.9 Å². The number of hydrogen-bond acceptors (Lipinski definition) is 5. The van der Waals surface area contributed by atoms with Crippen molar-refractivity contribution in [1.82, 2.24) is 30.0 Å². The lowest BCUT2D eigenvalue weighted by atomic mass is 10.0. The molecule has 1 aliphatic rings. The molecule has 1 aliphatic heterocycles. The fourth-order valence-corrected chi connectivity index (χ4v) is 3.16. The number of rotatable bonds is 5. The Morgan fingerprint density at radius 1 is 1.19 bits per heavy atom. The molecule has 0 unspecified atom stereocenters. The molecule has 2 heterocycles. The lowest BCUT2D eigenvalue weighted by Crippen LogP contribution is -2.57. The molecule has 1 saturated heterocycles. The fraction of sp³-hybridized carbons (Fsp3) is 0.500. The zero-order chi connectivity index (χ0) is 18.7. The molecule has 2 amide bonds. The van der Waals surface area contributed by atoms with Crippen molar-refractivity contribution in [3.05, 3.63) is 29.8 Å². The number of benzene rings is 1. The number of unbranched alkanes of at least 4 members (excludes halogenated alkanes) is 1. The molecule has 0 N–H and O–H groups in total. The van der Waals surface area contributed by atoms with Gasteiger partial charge in [-0.05, 0) is 23.8 Å². The van der Waals surface area contributed by atoms with Crippen LogP contribution in [0, 0.1) is 0 Å². The summed E-state index contributed by atoms with van der Waals surface area (Å²) in [5.74, 6) is 0.437. The Morgan fingerprint density at radius 3 is 2.54 bits per heavy atom. The third-order valence-corrected chi connectivity index (χ3v) is 4.70. The van der Waals surface area contributed by atoms with Crippen molar-refractivity contribution >= 4 is 11.8 Å². The summed E-state index contributed by atoms with van der Waals surface area (Å²) in [6.45, 7) is 3.21. The van der Waals surface area contributed by atoms with Gasteiger partial charge in [0.1, 0.15) is 6.04 Å². The topological polar surface area (TPSA) is 84.2 Å². The minimum atomic E-state index is -0.373. The van der Waals surface area contributed by atoms with Gasteiger partial charge in [0.05, 0.1) is 7.05 Å². The Hall–Kier alpha value is -2.77. The summed E-state index contributed by atoms with van der Waals surface area (Å²) >= 11 is 0. The van der Waals surface area contributed by atoms with Crippen LogP contribution in [0.15, 0.2) is 24.3 Å². The molecular weight excluding hydrogens is 332 g/mol. The molecule has 26 heavy (non-hydrogen) atoms. The van der Waals surface area contributed by atoms with E-state index in [-0.39, 0.29) is 17.9 Å². The van der Waals surface area contributed by atoms with Gasteiger partial charge < -0.3 is 9.80 Å². The maximum absolute atomic E-state index is 13.0. The van der Waals surface area contributed by atoms with Gasteiger partial charge in [0.2, 0.25) is 11.7 Å². The highest BCUT2D eigenvalue weighted by Gasteiger charge is 2.35. The number of carbonyl (C=O) groups is 2. The highest BCUT2D eigenvalue weighted by atomic mass is 16.2. The Balaban J connectivity index is 1.79. The van der Waals surface area contributed by atoms with Crippen LogP contribution in [0.5, 0.6) is 0 Å². The van der Waals surface area contributed by atoms with Gasteiger partial charge in [-0.2, -0.15) is 4.80 Å². The molecule has 138 valence electrons. The second-order valence-electron chi connectivity index (χ2n) is 6.60. The van der Waals surface area contributed by atoms with E-state index in [0.717, 1.165) is 18.4 Å². The molecule has 1 aromatic heterocycles. The average Bonchev–Trinajstić information content (AvgIpc) is 3.09. The molecule has 1 aromatic carbocycles. The summed E-state index contributed by atoms with van der Waals surface area (Å²) < 4.78 is 0. The highest BCUT2D eigenvalue weighted by Crippen LogP contribution is 2.21. The molecule has 0 spiro atoms. The van der Waals surface area contributed by atoms with Crippen LogP contribution in [-0.4, -0.2) is 68.0 Å². The number of aromatic nitrogens is 4. The standard InChI is InChI=1S/C18H24N6O2/c1-4-5-6-15-18(26)22(2)11-12-24(15)17(25)14-9-7-13(8-10-14)16-19-21-23(3)20-16/h7-10,15H,4-6,11-12H2,1-3H3/t15-/m1/s1. The Morgan fingerprint density at radius 2 is 1.92 bits per heavy atom. The quantitative estimate of drug-likeness (QED) is 0.807. The first-order chi connectivity index (χ1) is 12.5. The van der Waals surface area contributed by atoms with Crippen LogP contribution in [0.3, 0.4) is 0 Å². The normalized spacial score (nSPS) is 17.7. The van der Waals surface area contributed by atoms with Gasteiger partial charge in [0, 0.05) is 31.3 Å². The van der Waals surface area contributed by atoms with Crippen LogP contribution in [0.4, 0.5) is 0 Å². The number of aryl methyl sites for hydroxylation is 1. The summed E-state index contributed by atoms with van der Waals surface area (Å²) in [5.41, 5.74) is 1.36. The van der Waals surface area contributed by atoms with Crippen molar-refractivity contribution in [2.45, 2.75) is 32.2 Å². The summed E-state index contributed by atoms with van der Waals surface area (Å²) in [5, 5.41) is 11.9. The third-order valence-electron chi connectivity index (χ3n) is 4.70. The smallest absolute Gasteiger partial charge is 0.254 e. The first-order valence-corrected chi connectivity index (χ1v) is 8.91. The number of amides is 2. The molecule has 8 nitrogen and oxygen atoms in total. The highest BCUT2D eigenvalue weighted by molar-refractivity contribution is 5.98. The fourth-order valence-electron chi connectivity index (χ4n) is 3.16. The largest absolute Gasteiger partial charge is 0.342 e. The van der Waals surface area contributed by atoms with E-state index < -0.39 is 0 Å². The van der Waals surface area contributed by atoms with Crippen molar-refractivity contribution in [1.29, 1.82) is 0 Å². The molecule has 8 heteroatoms. The maximum Gasteiger partial charge on any atom is 0.254 e. The molecule has 0 aliphatic carbocycles. The Labute approximate surface area is 152 Å². The first-order valence-electron chi connectivity index (χ1n) is 8.91. The lowest BCUT2D eigenvalue weighted by molar-refractivity contribution is -0.138. The Bertz CT molecular complexity index is 785. The summed E-state index contributed by atoms with van der Waals surface area (Å²) in [6.07, 6.45) is 2.62. The summed E-state index contributed by atoms with van der Waals surface area (Å²) in [6, 6.07) is 6.76. The van der Waals surface area contributed by atoms with Crippen LogP contribution >= 0.6 is 0 Å². The van der Waals surface area contributed by atoms with E-state index in [1.807, 2.05) is 12.1 Å². The Kier molecular flexibility index (Phi) is 5.29. The molecule has 2 aromatic rings. The van der Waals surface area contributed by atoms with Crippen LogP contribution in [0.25, 0.3) is 11.4 Å². The van der Waals surface area contributed by atoms with E-state index in [1.54, 1.807) is 36.0 Å². The van der Waals surface area contributed by atoms with Crippen LogP contribution in [-0.2, 0) is 11.8 Å². The lowest BCUT2D eigenvalue weighted by Gasteiger charge is -2.39. The van der Waals surface area contributed by atoms with Crippen molar-refractivity contribution in [3.8, 4) is 11.4 Å². The maximum atomic E-state index is 13.0. The molecule has 0 radical (unpaired) electrons. The predicted molar refractivity (Wildman–Crippen MR) is 96.2 cm³/mol. The predicted octanol–water partition coefficient (Wildman–Crippen LogP) is 1.35. The SMILES string of the molecule is CCCC[C@@H]1C(=O)N(C)CCN1C(=O)c1ccc(-c2nnn(C)n2)cc1. The van der Waals surface area contributed by atoms with Crippen molar-refractivity contribution in [2.75, 3.05) is 20.1 Å². The van der Waals surface area contributed by atoms with Gasteiger partial charge in [-0.25, -0.2) is 0 Å². The zero-order valence-electron chi connectivity index (χ0n) is 15.4. The number of piperazine rings is 1. The number of tetrazole rings is 1. The number of likely N-dealkylation sites (N-methyl/N-ethyl adjacent to an activating group) is 1. The van der Waals surface area contributed by atoms with Crippen LogP contribution < -0.4 is 0 Å². The second kappa shape index (κ2) is 7.63. The van der Waals surface area contributed by atoms with E-state index in [4.69, 9.17) is 0 Å². The van der Waals surface area contributed by atoms with Gasteiger partial charge in [-0.15, -0.1) is 10.2 Å². The van der Waals surface area contributed by atoms with Crippen molar-refractivity contribution in [3.63, 3.8) is 0 Å².